The minimum Gasteiger partial charge on any atom is -0.384 e. The molecule has 2 heterocycles. The van der Waals surface area contributed by atoms with E-state index in [1.54, 1.807) is 12.3 Å². The summed E-state index contributed by atoms with van der Waals surface area (Å²) in [5, 5.41) is 16.4. The van der Waals surface area contributed by atoms with Gasteiger partial charge in [-0.3, -0.25) is 4.68 Å². The number of aromatic nitrogens is 3. The van der Waals surface area contributed by atoms with E-state index in [0.717, 1.165) is 30.9 Å². The third kappa shape index (κ3) is 3.55. The van der Waals surface area contributed by atoms with Crippen molar-refractivity contribution in [3.8, 4) is 6.07 Å². The fraction of sp³-hybridized carbons (Fsp3) is 0.357. The maximum absolute atomic E-state index is 8.65. The van der Waals surface area contributed by atoms with E-state index in [4.69, 9.17) is 5.26 Å². The average molecular weight is 255 g/mol. The molecule has 0 bridgehead atoms. The van der Waals surface area contributed by atoms with Crippen molar-refractivity contribution < 1.29 is 0 Å². The zero-order chi connectivity index (χ0) is 13.7. The predicted octanol–water partition coefficient (Wildman–Crippen LogP) is 2.27. The van der Waals surface area contributed by atoms with Gasteiger partial charge in [-0.1, -0.05) is 0 Å². The molecule has 0 saturated carbocycles. The maximum atomic E-state index is 8.65. The number of pyridine rings is 1. The van der Waals surface area contributed by atoms with E-state index in [9.17, 15) is 0 Å². The van der Waals surface area contributed by atoms with Gasteiger partial charge < -0.3 is 5.32 Å². The van der Waals surface area contributed by atoms with Crippen molar-refractivity contribution in [1.82, 2.24) is 14.8 Å². The van der Waals surface area contributed by atoms with E-state index in [1.165, 1.54) is 5.69 Å². The van der Waals surface area contributed by atoms with Crippen LogP contribution in [0.25, 0.3) is 0 Å². The number of nitrogens with zero attached hydrogens (tertiary/aromatic N) is 4. The Hall–Kier alpha value is -2.35. The van der Waals surface area contributed by atoms with Gasteiger partial charge in [0, 0.05) is 18.8 Å². The van der Waals surface area contributed by atoms with E-state index >= 15 is 0 Å². The van der Waals surface area contributed by atoms with Gasteiger partial charge in [-0.15, -0.1) is 0 Å². The molecule has 0 aromatic carbocycles. The topological polar surface area (TPSA) is 66.5 Å². The molecule has 0 aliphatic carbocycles. The molecule has 2 aromatic rings. The van der Waals surface area contributed by atoms with Gasteiger partial charge in [0.25, 0.3) is 0 Å². The fourth-order valence-corrected chi connectivity index (χ4v) is 1.93. The van der Waals surface area contributed by atoms with Crippen molar-refractivity contribution in [2.75, 3.05) is 11.9 Å². The molecule has 0 saturated heterocycles. The molecular formula is C14H17N5. The molecule has 0 spiro atoms. The molecule has 5 nitrogen and oxygen atoms in total. The lowest BCUT2D eigenvalue weighted by atomic mass is 10.3. The molecule has 5 heteroatoms. The van der Waals surface area contributed by atoms with Crippen molar-refractivity contribution >= 4 is 5.69 Å². The Labute approximate surface area is 112 Å². The molecule has 2 aromatic heterocycles. The van der Waals surface area contributed by atoms with Crippen LogP contribution in [0, 0.1) is 25.2 Å². The number of anilines is 1. The highest BCUT2D eigenvalue weighted by Crippen LogP contribution is 2.06. The number of hydrogen-bond acceptors (Lipinski definition) is 4. The number of rotatable bonds is 5. The monoisotopic (exact) mass is 255 g/mol. The third-order valence-corrected chi connectivity index (χ3v) is 2.86. The van der Waals surface area contributed by atoms with Gasteiger partial charge in [-0.25, -0.2) is 4.98 Å². The lowest BCUT2D eigenvalue weighted by Gasteiger charge is -2.07. The van der Waals surface area contributed by atoms with Gasteiger partial charge in [-0.05, 0) is 38.5 Å². The average Bonchev–Trinajstić information content (AvgIpc) is 2.74. The van der Waals surface area contributed by atoms with Gasteiger partial charge in [0.05, 0.1) is 17.6 Å². The zero-order valence-corrected chi connectivity index (χ0v) is 11.2. The Kier molecular flexibility index (Phi) is 4.14. The minimum absolute atomic E-state index is 0.438. The van der Waals surface area contributed by atoms with Crippen LogP contribution in [0.5, 0.6) is 0 Å². The van der Waals surface area contributed by atoms with E-state index < -0.39 is 0 Å². The molecule has 0 atom stereocenters. The summed E-state index contributed by atoms with van der Waals surface area (Å²) in [5.41, 5.74) is 3.62. The van der Waals surface area contributed by atoms with Gasteiger partial charge in [-0.2, -0.15) is 10.4 Å². The van der Waals surface area contributed by atoms with E-state index in [2.05, 4.69) is 28.4 Å². The SMILES string of the molecule is Cc1cc(C)n(CCCNc2ccc(C#N)nc2)n1. The first-order valence-corrected chi connectivity index (χ1v) is 6.30. The van der Waals surface area contributed by atoms with E-state index in [1.807, 2.05) is 23.7 Å². The number of aryl methyl sites for hydroxylation is 3. The summed E-state index contributed by atoms with van der Waals surface area (Å²) in [4.78, 5) is 4.01. The molecule has 0 fully saturated rings. The van der Waals surface area contributed by atoms with Gasteiger partial charge in [0.2, 0.25) is 0 Å². The fourth-order valence-electron chi connectivity index (χ4n) is 1.93. The Bertz CT molecular complexity index is 577. The number of nitrogens with one attached hydrogen (secondary N) is 1. The smallest absolute Gasteiger partial charge is 0.140 e. The van der Waals surface area contributed by atoms with Crippen molar-refractivity contribution in [3.05, 3.63) is 41.5 Å². The largest absolute Gasteiger partial charge is 0.384 e. The van der Waals surface area contributed by atoms with E-state index in [0.29, 0.717) is 5.69 Å². The van der Waals surface area contributed by atoms with Crippen LogP contribution < -0.4 is 5.32 Å². The molecule has 0 radical (unpaired) electrons. The summed E-state index contributed by atoms with van der Waals surface area (Å²) in [6.45, 7) is 5.82. The molecule has 2 rings (SSSR count). The molecule has 0 unspecified atom stereocenters. The Morgan fingerprint density at radius 2 is 2.21 bits per heavy atom. The lowest BCUT2D eigenvalue weighted by Crippen LogP contribution is -2.09. The normalized spacial score (nSPS) is 10.2. The molecule has 0 amide bonds. The molecule has 0 aliphatic rings. The van der Waals surface area contributed by atoms with Crippen molar-refractivity contribution in [2.24, 2.45) is 0 Å². The third-order valence-electron chi connectivity index (χ3n) is 2.86. The quantitative estimate of drug-likeness (QED) is 0.832. The van der Waals surface area contributed by atoms with Gasteiger partial charge in [0.15, 0.2) is 0 Å². The molecule has 0 aliphatic heterocycles. The zero-order valence-electron chi connectivity index (χ0n) is 11.2. The Balaban J connectivity index is 1.77. The summed E-state index contributed by atoms with van der Waals surface area (Å²) in [7, 11) is 0. The highest BCUT2D eigenvalue weighted by Gasteiger charge is 2.00. The first-order chi connectivity index (χ1) is 9.19. The molecule has 19 heavy (non-hydrogen) atoms. The standard InChI is InChI=1S/C14H17N5/c1-11-8-12(2)19(18-11)7-3-6-16-14-5-4-13(9-15)17-10-14/h4-5,8,10,16H,3,6-7H2,1-2H3. The van der Waals surface area contributed by atoms with Crippen LogP contribution in [0.4, 0.5) is 5.69 Å². The van der Waals surface area contributed by atoms with Crippen LogP contribution in [0.3, 0.4) is 0 Å². The second-order valence-electron chi connectivity index (χ2n) is 4.47. The second kappa shape index (κ2) is 6.01. The summed E-state index contributed by atoms with van der Waals surface area (Å²) < 4.78 is 2.02. The highest BCUT2D eigenvalue weighted by atomic mass is 15.3. The highest BCUT2D eigenvalue weighted by molar-refractivity contribution is 5.42. The summed E-state index contributed by atoms with van der Waals surface area (Å²) in [5.74, 6) is 0. The van der Waals surface area contributed by atoms with Gasteiger partial charge in [0.1, 0.15) is 11.8 Å². The lowest BCUT2D eigenvalue weighted by molar-refractivity contribution is 0.573. The maximum Gasteiger partial charge on any atom is 0.140 e. The minimum atomic E-state index is 0.438. The molecular weight excluding hydrogens is 238 g/mol. The first kappa shape index (κ1) is 13.1. The summed E-state index contributed by atoms with van der Waals surface area (Å²) in [6.07, 6.45) is 2.67. The molecule has 98 valence electrons. The number of hydrogen-bond donors (Lipinski definition) is 1. The summed E-state index contributed by atoms with van der Waals surface area (Å²) >= 11 is 0. The van der Waals surface area contributed by atoms with Crippen LogP contribution in [0.2, 0.25) is 0 Å². The van der Waals surface area contributed by atoms with Crippen LogP contribution in [0.15, 0.2) is 24.4 Å². The van der Waals surface area contributed by atoms with E-state index in [-0.39, 0.29) is 0 Å². The Morgan fingerprint density at radius 1 is 1.37 bits per heavy atom. The number of nitriles is 1. The van der Waals surface area contributed by atoms with Crippen molar-refractivity contribution in [2.45, 2.75) is 26.8 Å². The van der Waals surface area contributed by atoms with Crippen LogP contribution >= 0.6 is 0 Å². The van der Waals surface area contributed by atoms with Crippen LogP contribution in [0.1, 0.15) is 23.5 Å². The molecule has 1 N–H and O–H groups in total. The first-order valence-electron chi connectivity index (χ1n) is 6.30. The van der Waals surface area contributed by atoms with Crippen molar-refractivity contribution in [1.29, 1.82) is 5.26 Å². The van der Waals surface area contributed by atoms with Crippen LogP contribution in [-0.2, 0) is 6.54 Å². The second-order valence-corrected chi connectivity index (χ2v) is 4.47. The van der Waals surface area contributed by atoms with Gasteiger partial charge >= 0.3 is 0 Å². The predicted molar refractivity (Wildman–Crippen MR) is 73.8 cm³/mol. The van der Waals surface area contributed by atoms with Crippen molar-refractivity contribution in [3.63, 3.8) is 0 Å². The summed E-state index contributed by atoms with van der Waals surface area (Å²) in [6, 6.07) is 7.66. The van der Waals surface area contributed by atoms with Crippen LogP contribution in [-0.4, -0.2) is 21.3 Å². The Morgan fingerprint density at radius 3 is 2.79 bits per heavy atom.